The molecule has 0 radical (unpaired) electrons. The Hall–Kier alpha value is -0.990. The van der Waals surface area contributed by atoms with Gasteiger partial charge in [0.2, 0.25) is 0 Å². The maximum absolute atomic E-state index is 12.2. The molecule has 0 aromatic heterocycles. The van der Waals surface area contributed by atoms with Crippen LogP contribution >= 0.6 is 15.9 Å². The molecule has 0 aliphatic rings. The molecule has 18 heavy (non-hydrogen) atoms. The van der Waals surface area contributed by atoms with Gasteiger partial charge in [-0.05, 0) is 18.2 Å². The highest BCUT2D eigenvalue weighted by Gasteiger charge is 2.32. The smallest absolute Gasteiger partial charge is 0.404 e. The van der Waals surface area contributed by atoms with Crippen LogP contribution in [0.3, 0.4) is 0 Å². The molecule has 0 saturated heterocycles. The number of aliphatic hydroxyl groups excluding tert-OH is 2. The minimum absolute atomic E-state index is 0.0722. The fourth-order valence-electron chi connectivity index (χ4n) is 1.14. The van der Waals surface area contributed by atoms with E-state index in [4.69, 9.17) is 10.2 Å². The van der Waals surface area contributed by atoms with Crippen molar-refractivity contribution in [2.24, 2.45) is 0 Å². The van der Waals surface area contributed by atoms with E-state index in [2.05, 4.69) is 26.0 Å². The van der Waals surface area contributed by atoms with Crippen molar-refractivity contribution in [1.29, 1.82) is 0 Å². The highest BCUT2D eigenvalue weighted by molar-refractivity contribution is 9.10. The first-order valence-corrected chi connectivity index (χ1v) is 5.69. The van der Waals surface area contributed by atoms with Crippen LogP contribution in [0.4, 0.5) is 18.9 Å². The van der Waals surface area contributed by atoms with Crippen LogP contribution in [0.1, 0.15) is 0 Å². The Labute approximate surface area is 110 Å². The molecular weight excluding hydrogens is 319 g/mol. The highest BCUT2D eigenvalue weighted by Crippen LogP contribution is 2.32. The first-order chi connectivity index (χ1) is 8.31. The molecule has 0 saturated carbocycles. The second-order valence-corrected chi connectivity index (χ2v) is 4.32. The normalized spacial score (nSPS) is 13.2. The van der Waals surface area contributed by atoms with Gasteiger partial charge in [-0.15, -0.1) is 13.2 Å². The van der Waals surface area contributed by atoms with E-state index in [9.17, 15) is 13.2 Å². The van der Waals surface area contributed by atoms with Crippen molar-refractivity contribution in [3.8, 4) is 5.75 Å². The van der Waals surface area contributed by atoms with Gasteiger partial charge in [-0.2, -0.15) is 0 Å². The van der Waals surface area contributed by atoms with Crippen LogP contribution in [0.2, 0.25) is 0 Å². The molecule has 0 aliphatic carbocycles. The number of ether oxygens (including phenoxy) is 1. The van der Waals surface area contributed by atoms with Crippen molar-refractivity contribution in [3.63, 3.8) is 0 Å². The van der Waals surface area contributed by atoms with Gasteiger partial charge in [0.25, 0.3) is 0 Å². The first-order valence-electron chi connectivity index (χ1n) is 4.90. The third kappa shape index (κ3) is 5.11. The van der Waals surface area contributed by atoms with Gasteiger partial charge >= 0.3 is 6.36 Å². The van der Waals surface area contributed by atoms with E-state index in [0.29, 0.717) is 4.47 Å². The average molecular weight is 330 g/mol. The van der Waals surface area contributed by atoms with Crippen LogP contribution < -0.4 is 10.1 Å². The van der Waals surface area contributed by atoms with Gasteiger partial charge in [0, 0.05) is 11.0 Å². The third-order valence-corrected chi connectivity index (χ3v) is 2.40. The molecule has 0 fully saturated rings. The molecule has 0 heterocycles. The topological polar surface area (TPSA) is 61.7 Å². The van der Waals surface area contributed by atoms with Crippen LogP contribution in [-0.4, -0.2) is 35.8 Å². The number of rotatable bonds is 5. The number of alkyl halides is 3. The zero-order valence-electron chi connectivity index (χ0n) is 9.04. The van der Waals surface area contributed by atoms with Gasteiger partial charge in [0.15, 0.2) is 5.75 Å². The van der Waals surface area contributed by atoms with Gasteiger partial charge in [-0.25, -0.2) is 0 Å². The van der Waals surface area contributed by atoms with Crippen molar-refractivity contribution < 1.29 is 28.1 Å². The van der Waals surface area contributed by atoms with Gasteiger partial charge in [-0.3, -0.25) is 0 Å². The fraction of sp³-hybridized carbons (Fsp3) is 0.400. The van der Waals surface area contributed by atoms with Crippen molar-refractivity contribution in [3.05, 3.63) is 22.7 Å². The summed E-state index contributed by atoms with van der Waals surface area (Å²) >= 11 is 3.03. The first kappa shape index (κ1) is 15.1. The van der Waals surface area contributed by atoms with E-state index in [-0.39, 0.29) is 12.2 Å². The second-order valence-electron chi connectivity index (χ2n) is 3.41. The molecule has 4 nitrogen and oxygen atoms in total. The standard InChI is InChI=1S/C10H11BrF3NO3/c11-6-1-2-8(15-4-7(17)5-16)9(3-6)18-10(12,13)14/h1-3,7,15-17H,4-5H2/t7-/m0/s1. The second kappa shape index (κ2) is 6.26. The molecule has 0 spiro atoms. The predicted octanol–water partition coefficient (Wildman–Crippen LogP) is 2.11. The van der Waals surface area contributed by atoms with E-state index in [1.807, 2.05) is 0 Å². The molecule has 1 aromatic rings. The minimum atomic E-state index is -4.80. The summed E-state index contributed by atoms with van der Waals surface area (Å²) in [5, 5.41) is 20.3. The lowest BCUT2D eigenvalue weighted by molar-refractivity contribution is -0.274. The maximum Gasteiger partial charge on any atom is 0.573 e. The molecule has 1 atom stereocenters. The molecule has 0 bridgehead atoms. The fourth-order valence-corrected chi connectivity index (χ4v) is 1.48. The number of halogens is 4. The molecule has 3 N–H and O–H groups in total. The van der Waals surface area contributed by atoms with Gasteiger partial charge in [0.1, 0.15) is 0 Å². The third-order valence-electron chi connectivity index (χ3n) is 1.91. The number of aliphatic hydroxyl groups is 2. The van der Waals surface area contributed by atoms with E-state index < -0.39 is 24.8 Å². The van der Waals surface area contributed by atoms with Gasteiger partial charge in [-0.1, -0.05) is 15.9 Å². The zero-order valence-corrected chi connectivity index (χ0v) is 10.6. The summed E-state index contributed by atoms with van der Waals surface area (Å²) in [6.07, 6.45) is -5.86. The summed E-state index contributed by atoms with van der Waals surface area (Å²) < 4.78 is 40.8. The number of hydrogen-bond acceptors (Lipinski definition) is 4. The molecule has 0 unspecified atom stereocenters. The van der Waals surface area contributed by atoms with Crippen molar-refractivity contribution in [2.45, 2.75) is 12.5 Å². The highest BCUT2D eigenvalue weighted by atomic mass is 79.9. The molecule has 1 aromatic carbocycles. The Morgan fingerprint density at radius 2 is 2.06 bits per heavy atom. The molecule has 1 rings (SSSR count). The molecule has 0 amide bonds. The molecule has 8 heteroatoms. The molecule has 0 aliphatic heterocycles. The lowest BCUT2D eigenvalue weighted by atomic mass is 10.2. The minimum Gasteiger partial charge on any atom is -0.404 e. The van der Waals surface area contributed by atoms with Crippen molar-refractivity contribution in [1.82, 2.24) is 0 Å². The van der Waals surface area contributed by atoms with Crippen LogP contribution in [-0.2, 0) is 0 Å². The Balaban J connectivity index is 2.83. The Morgan fingerprint density at radius 3 is 2.61 bits per heavy atom. The number of hydrogen-bond donors (Lipinski definition) is 3. The quantitative estimate of drug-likeness (QED) is 0.774. The van der Waals surface area contributed by atoms with Crippen LogP contribution in [0, 0.1) is 0 Å². The van der Waals surface area contributed by atoms with Crippen LogP contribution in [0.15, 0.2) is 22.7 Å². The van der Waals surface area contributed by atoms with E-state index >= 15 is 0 Å². The average Bonchev–Trinajstić information content (AvgIpc) is 2.25. The summed E-state index contributed by atoms with van der Waals surface area (Å²) in [4.78, 5) is 0. The Morgan fingerprint density at radius 1 is 1.39 bits per heavy atom. The van der Waals surface area contributed by atoms with Crippen molar-refractivity contribution in [2.75, 3.05) is 18.5 Å². The Kier molecular flexibility index (Phi) is 5.24. The summed E-state index contributed by atoms with van der Waals surface area (Å²) in [7, 11) is 0. The van der Waals surface area contributed by atoms with Crippen LogP contribution in [0.25, 0.3) is 0 Å². The summed E-state index contributed by atoms with van der Waals surface area (Å²) in [6.45, 7) is -0.578. The largest absolute Gasteiger partial charge is 0.573 e. The van der Waals surface area contributed by atoms with Crippen LogP contribution in [0.5, 0.6) is 5.75 Å². The molecule has 102 valence electrons. The lowest BCUT2D eigenvalue weighted by Crippen LogP contribution is -2.24. The van der Waals surface area contributed by atoms with E-state index in [1.54, 1.807) is 0 Å². The summed E-state index contributed by atoms with van der Waals surface area (Å²) in [6, 6.07) is 4.05. The Bertz CT molecular complexity index is 400. The van der Waals surface area contributed by atoms with Gasteiger partial charge in [0.05, 0.1) is 18.4 Å². The maximum atomic E-state index is 12.2. The van der Waals surface area contributed by atoms with Crippen molar-refractivity contribution >= 4 is 21.6 Å². The number of anilines is 1. The van der Waals surface area contributed by atoms with E-state index in [0.717, 1.165) is 6.07 Å². The number of benzene rings is 1. The monoisotopic (exact) mass is 329 g/mol. The summed E-state index contributed by atoms with van der Waals surface area (Å²) in [5.41, 5.74) is 0.0722. The number of nitrogens with one attached hydrogen (secondary N) is 1. The lowest BCUT2D eigenvalue weighted by Gasteiger charge is -2.16. The van der Waals surface area contributed by atoms with Gasteiger partial charge < -0.3 is 20.3 Å². The predicted molar refractivity (Wildman–Crippen MR) is 62.4 cm³/mol. The SMILES string of the molecule is OC[C@@H](O)CNc1ccc(Br)cc1OC(F)(F)F. The van der Waals surface area contributed by atoms with E-state index in [1.165, 1.54) is 12.1 Å². The molecular formula is C10H11BrF3NO3. The zero-order chi connectivity index (χ0) is 13.8. The summed E-state index contributed by atoms with van der Waals surface area (Å²) in [5.74, 6) is -0.415.